The van der Waals surface area contributed by atoms with Crippen molar-refractivity contribution in [3.63, 3.8) is 0 Å². The van der Waals surface area contributed by atoms with Crippen LogP contribution in [0.3, 0.4) is 0 Å². The molecule has 0 aromatic carbocycles. The van der Waals surface area contributed by atoms with E-state index in [9.17, 15) is 0 Å². The molecule has 0 spiro atoms. The van der Waals surface area contributed by atoms with Crippen LogP contribution in [0.4, 0.5) is 0 Å². The van der Waals surface area contributed by atoms with Gasteiger partial charge in [-0.15, -0.1) is 0 Å². The topological polar surface area (TPSA) is 17.8 Å². The Morgan fingerprint density at radius 3 is 2.43 bits per heavy atom. The van der Waals surface area contributed by atoms with Crippen molar-refractivity contribution in [3.8, 4) is 0 Å². The van der Waals surface area contributed by atoms with E-state index in [0.717, 1.165) is 0 Å². The average Bonchev–Trinajstić information content (AvgIpc) is 1.86. The zero-order chi connectivity index (χ0) is 4.41. The molecule has 4 heteroatoms. The molecule has 34 valence electrons. The van der Waals surface area contributed by atoms with Crippen LogP contribution in [0.5, 0.6) is 0 Å². The second kappa shape index (κ2) is 3.22. The molecule has 1 aromatic heterocycles. The predicted octanol–water partition coefficient (Wildman–Crippen LogP) is 0.573. The molecule has 0 bridgehead atoms. The zero-order valence-corrected chi connectivity index (χ0v) is 7.64. The molecule has 0 unspecified atom stereocenters. The van der Waals surface area contributed by atoms with Crippen LogP contribution in [0.1, 0.15) is 0 Å². The number of imidazole rings is 1. The molecular weight excluding hydrogens is 162 g/mol. The minimum Gasteiger partial charge on any atom is -0.283 e. The molecule has 1 aromatic rings. The molecule has 0 atom stereocenters. The Morgan fingerprint density at radius 2 is 2.29 bits per heavy atom. The van der Waals surface area contributed by atoms with Crippen molar-refractivity contribution in [1.29, 1.82) is 0 Å². The molecule has 0 aliphatic carbocycles. The first-order valence-electron chi connectivity index (χ1n) is 1.57. The van der Waals surface area contributed by atoms with Crippen LogP contribution in [0, 0.1) is 0 Å². The molecule has 0 amide bonds. The molecule has 0 saturated carbocycles. The van der Waals surface area contributed by atoms with Gasteiger partial charge < -0.3 is 0 Å². The van der Waals surface area contributed by atoms with Gasteiger partial charge in [-0.1, -0.05) is 12.8 Å². The second-order valence-electron chi connectivity index (χ2n) is 0.943. The quantitative estimate of drug-likeness (QED) is 0.440. The minimum absolute atomic E-state index is 0. The van der Waals surface area contributed by atoms with Gasteiger partial charge in [-0.3, -0.25) is 3.97 Å². The van der Waals surface area contributed by atoms with E-state index in [4.69, 9.17) is 0 Å². The molecule has 0 aliphatic heterocycles. The molecule has 2 nitrogen and oxygen atoms in total. The Kier molecular flexibility index (Phi) is 3.30. The maximum Gasteiger partial charge on any atom is 0.104 e. The third-order valence-electron chi connectivity index (χ3n) is 0.490. The third-order valence-corrected chi connectivity index (χ3v) is 0.727. The predicted molar refractivity (Wildman–Crippen MR) is 26.6 cm³/mol. The van der Waals surface area contributed by atoms with Gasteiger partial charge in [-0.2, -0.15) is 0 Å². The summed E-state index contributed by atoms with van der Waals surface area (Å²) >= 11 is 3.89. The molecule has 7 heavy (non-hydrogen) atoms. The molecule has 1 rings (SSSR count). The number of thiol groups is 1. The summed E-state index contributed by atoms with van der Waals surface area (Å²) in [6.45, 7) is 0. The van der Waals surface area contributed by atoms with Crippen LogP contribution in [-0.4, -0.2) is 8.96 Å². The summed E-state index contributed by atoms with van der Waals surface area (Å²) in [5.41, 5.74) is 0. The Labute approximate surface area is 60.2 Å². The summed E-state index contributed by atoms with van der Waals surface area (Å²) in [6, 6.07) is 0. The van der Waals surface area contributed by atoms with Crippen LogP contribution < -0.4 is 0 Å². The van der Waals surface area contributed by atoms with Crippen molar-refractivity contribution < 1.29 is 19.5 Å². The van der Waals surface area contributed by atoms with E-state index >= 15 is 0 Å². The SMILES string of the molecule is Sn1ccnc1.[Zn]. The van der Waals surface area contributed by atoms with Gasteiger partial charge >= 0.3 is 0 Å². The van der Waals surface area contributed by atoms with Gasteiger partial charge in [0.2, 0.25) is 0 Å². The molecular formula is C3H4N2SZn. The van der Waals surface area contributed by atoms with E-state index in [1.807, 2.05) is 0 Å². The monoisotopic (exact) mass is 164 g/mol. The number of aromatic nitrogens is 2. The van der Waals surface area contributed by atoms with Crippen molar-refractivity contribution in [1.82, 2.24) is 8.96 Å². The summed E-state index contributed by atoms with van der Waals surface area (Å²) in [4.78, 5) is 3.71. The van der Waals surface area contributed by atoms with E-state index in [0.29, 0.717) is 0 Å². The molecule has 0 radical (unpaired) electrons. The Bertz CT molecular complexity index is 116. The number of hydrogen-bond donors (Lipinski definition) is 1. The Morgan fingerprint density at radius 1 is 1.57 bits per heavy atom. The van der Waals surface area contributed by atoms with Crippen molar-refractivity contribution in [2.45, 2.75) is 0 Å². The van der Waals surface area contributed by atoms with Crippen molar-refractivity contribution in [2.75, 3.05) is 0 Å². The van der Waals surface area contributed by atoms with Gasteiger partial charge in [0.1, 0.15) is 6.33 Å². The average molecular weight is 166 g/mol. The summed E-state index contributed by atoms with van der Waals surface area (Å²) in [5.74, 6) is 0. The van der Waals surface area contributed by atoms with Gasteiger partial charge in [0.05, 0.1) is 0 Å². The zero-order valence-electron chi connectivity index (χ0n) is 3.78. The largest absolute Gasteiger partial charge is 0.283 e. The van der Waals surface area contributed by atoms with Crippen molar-refractivity contribution >= 4 is 12.8 Å². The van der Waals surface area contributed by atoms with E-state index in [1.165, 1.54) is 0 Å². The first-order valence-corrected chi connectivity index (χ1v) is 1.97. The standard InChI is InChI=1S/C3H4N2S.Zn/c6-5-2-1-4-3-5;/h1-3,6H;. The summed E-state index contributed by atoms with van der Waals surface area (Å²) in [5, 5.41) is 0. The van der Waals surface area contributed by atoms with Gasteiger partial charge in [0.15, 0.2) is 0 Å². The van der Waals surface area contributed by atoms with E-state index < -0.39 is 0 Å². The van der Waals surface area contributed by atoms with Gasteiger partial charge in [-0.25, -0.2) is 4.98 Å². The third kappa shape index (κ3) is 2.10. The molecule has 0 fully saturated rings. The molecule has 1 heterocycles. The Balaban J connectivity index is 0.000000360. The maximum absolute atomic E-state index is 3.89. The van der Waals surface area contributed by atoms with Crippen LogP contribution in [0.15, 0.2) is 18.7 Å². The van der Waals surface area contributed by atoms with Crippen LogP contribution in [0.25, 0.3) is 0 Å². The fourth-order valence-corrected chi connectivity index (χ4v) is 0.371. The fraction of sp³-hybridized carbons (Fsp3) is 0. The van der Waals surface area contributed by atoms with Crippen molar-refractivity contribution in [3.05, 3.63) is 18.7 Å². The van der Waals surface area contributed by atoms with Gasteiger partial charge in [-0.05, 0) is 0 Å². The first kappa shape index (κ1) is 7.18. The van der Waals surface area contributed by atoms with Gasteiger partial charge in [0, 0.05) is 31.9 Å². The first-order chi connectivity index (χ1) is 2.89. The Hall–Kier alpha value is 0.183. The fourth-order valence-electron chi connectivity index (χ4n) is 0.252. The van der Waals surface area contributed by atoms with Crippen LogP contribution in [-0.2, 0) is 19.5 Å². The summed E-state index contributed by atoms with van der Waals surface area (Å²) < 4.78 is 1.58. The molecule has 0 N–H and O–H groups in total. The van der Waals surface area contributed by atoms with Gasteiger partial charge in [0.25, 0.3) is 0 Å². The van der Waals surface area contributed by atoms with Crippen molar-refractivity contribution in [2.24, 2.45) is 0 Å². The number of nitrogens with zero attached hydrogens (tertiary/aromatic N) is 2. The number of hydrogen-bond acceptors (Lipinski definition) is 2. The second-order valence-corrected chi connectivity index (χ2v) is 1.40. The van der Waals surface area contributed by atoms with E-state index in [2.05, 4.69) is 17.8 Å². The number of rotatable bonds is 0. The summed E-state index contributed by atoms with van der Waals surface area (Å²) in [6.07, 6.45) is 5.04. The van der Waals surface area contributed by atoms with Crippen LogP contribution in [0.2, 0.25) is 0 Å². The normalized spacial score (nSPS) is 7.57. The summed E-state index contributed by atoms with van der Waals surface area (Å²) in [7, 11) is 0. The molecule has 0 saturated heterocycles. The maximum atomic E-state index is 3.89. The minimum atomic E-state index is 0. The van der Waals surface area contributed by atoms with Crippen LogP contribution >= 0.6 is 12.8 Å². The smallest absolute Gasteiger partial charge is 0.104 e. The molecule has 0 aliphatic rings. The van der Waals surface area contributed by atoms with E-state index in [1.54, 1.807) is 22.7 Å². The van der Waals surface area contributed by atoms with E-state index in [-0.39, 0.29) is 19.5 Å².